The predicted molar refractivity (Wildman–Crippen MR) is 90.1 cm³/mol. The van der Waals surface area contributed by atoms with E-state index in [1.807, 2.05) is 0 Å². The fourth-order valence-corrected chi connectivity index (χ4v) is 3.43. The summed E-state index contributed by atoms with van der Waals surface area (Å²) in [6.07, 6.45) is 7.26. The van der Waals surface area contributed by atoms with Crippen LogP contribution in [0.25, 0.3) is 10.8 Å². The minimum Gasteiger partial charge on any atom is -0.378 e. The fraction of sp³-hybridized carbons (Fsp3) is 0.474. The van der Waals surface area contributed by atoms with E-state index < -0.39 is 0 Å². The number of hydrogen-bond acceptors (Lipinski definition) is 1. The highest BCUT2D eigenvalue weighted by atomic mass is 35.5. The van der Waals surface area contributed by atoms with E-state index in [9.17, 15) is 0 Å². The van der Waals surface area contributed by atoms with Gasteiger partial charge in [0.2, 0.25) is 0 Å². The molecule has 0 amide bonds. The lowest BCUT2D eigenvalue weighted by Crippen LogP contribution is -2.20. The fourth-order valence-electron chi connectivity index (χ4n) is 3.13. The number of alkyl halides is 1. The van der Waals surface area contributed by atoms with Gasteiger partial charge < -0.3 is 4.74 Å². The Balaban J connectivity index is 1.54. The number of benzene rings is 2. The van der Waals surface area contributed by atoms with Crippen LogP contribution in [-0.4, -0.2) is 18.1 Å². The van der Waals surface area contributed by atoms with E-state index in [0.717, 1.165) is 25.9 Å². The average Bonchev–Trinajstić information content (AvgIpc) is 2.54. The molecule has 0 radical (unpaired) electrons. The third-order valence-corrected chi connectivity index (χ3v) is 4.72. The van der Waals surface area contributed by atoms with Gasteiger partial charge in [-0.1, -0.05) is 42.5 Å². The summed E-state index contributed by atoms with van der Waals surface area (Å²) < 4.78 is 5.78. The van der Waals surface area contributed by atoms with Crippen LogP contribution in [0.5, 0.6) is 0 Å². The maximum atomic E-state index is 6.53. The van der Waals surface area contributed by atoms with Crippen molar-refractivity contribution in [3.8, 4) is 0 Å². The van der Waals surface area contributed by atoms with Crippen LogP contribution < -0.4 is 0 Å². The Hall–Kier alpha value is -1.05. The largest absolute Gasteiger partial charge is 0.378 e. The van der Waals surface area contributed by atoms with E-state index in [4.69, 9.17) is 16.3 Å². The van der Waals surface area contributed by atoms with Gasteiger partial charge in [-0.15, -0.1) is 11.6 Å². The molecular weight excluding hydrogens is 280 g/mol. The maximum Gasteiger partial charge on any atom is 0.0575 e. The summed E-state index contributed by atoms with van der Waals surface area (Å²) in [4.78, 5) is 0. The number of rotatable bonds is 5. The first-order valence-electron chi connectivity index (χ1n) is 8.04. The van der Waals surface area contributed by atoms with E-state index in [0.29, 0.717) is 6.10 Å². The van der Waals surface area contributed by atoms with Crippen LogP contribution >= 0.6 is 11.6 Å². The molecule has 0 spiro atoms. The van der Waals surface area contributed by atoms with Crippen LogP contribution in [0.15, 0.2) is 42.5 Å². The van der Waals surface area contributed by atoms with Crippen LogP contribution in [0.3, 0.4) is 0 Å². The third kappa shape index (κ3) is 4.21. The number of fused-ring (bicyclic) bond motifs is 1. The minimum absolute atomic E-state index is 0.205. The molecule has 21 heavy (non-hydrogen) atoms. The third-order valence-electron chi connectivity index (χ3n) is 4.35. The minimum atomic E-state index is 0.205. The standard InChI is InChI=1S/C19H23ClO/c20-18(10-11-19-7-3-4-12-21-19)14-15-8-9-16-5-1-2-6-17(16)13-15/h1-2,5-6,8-9,13,18-19H,3-4,7,10-12,14H2. The summed E-state index contributed by atoms with van der Waals surface area (Å²) in [7, 11) is 0. The molecule has 3 rings (SSSR count). The molecule has 112 valence electrons. The molecule has 2 atom stereocenters. The SMILES string of the molecule is ClC(CCC1CCCCO1)Cc1ccc2ccccc2c1. The molecule has 1 aliphatic rings. The summed E-state index contributed by atoms with van der Waals surface area (Å²) in [6, 6.07) is 15.1. The van der Waals surface area contributed by atoms with Crippen molar-refractivity contribution in [3.63, 3.8) is 0 Å². The molecular formula is C19H23ClO. The smallest absolute Gasteiger partial charge is 0.0575 e. The van der Waals surface area contributed by atoms with Crippen LogP contribution in [0.1, 0.15) is 37.7 Å². The van der Waals surface area contributed by atoms with Gasteiger partial charge in [0.05, 0.1) is 6.10 Å². The Morgan fingerprint density at radius 1 is 1.10 bits per heavy atom. The van der Waals surface area contributed by atoms with Crippen LogP contribution in [-0.2, 0) is 11.2 Å². The predicted octanol–water partition coefficient (Wildman–Crippen LogP) is 5.34. The molecule has 2 aromatic carbocycles. The zero-order valence-electron chi connectivity index (χ0n) is 12.4. The van der Waals surface area contributed by atoms with E-state index in [-0.39, 0.29) is 5.38 Å². The zero-order valence-corrected chi connectivity index (χ0v) is 13.2. The van der Waals surface area contributed by atoms with Crippen molar-refractivity contribution in [2.45, 2.75) is 50.0 Å². The molecule has 2 heteroatoms. The normalized spacial score (nSPS) is 20.5. The lowest BCUT2D eigenvalue weighted by molar-refractivity contribution is 0.0100. The number of halogens is 1. The number of hydrogen-bond donors (Lipinski definition) is 0. The zero-order chi connectivity index (χ0) is 14.5. The lowest BCUT2D eigenvalue weighted by atomic mass is 9.99. The molecule has 1 aliphatic heterocycles. The van der Waals surface area contributed by atoms with Gasteiger partial charge >= 0.3 is 0 Å². The molecule has 1 nitrogen and oxygen atoms in total. The molecule has 0 saturated carbocycles. The Kier molecular flexibility index (Phi) is 5.16. The molecule has 2 aromatic rings. The second kappa shape index (κ2) is 7.29. The molecule has 0 aliphatic carbocycles. The molecule has 1 heterocycles. The van der Waals surface area contributed by atoms with Crippen molar-refractivity contribution in [2.75, 3.05) is 6.61 Å². The maximum absolute atomic E-state index is 6.53. The summed E-state index contributed by atoms with van der Waals surface area (Å²) in [5.74, 6) is 0. The van der Waals surface area contributed by atoms with Crippen molar-refractivity contribution in [2.24, 2.45) is 0 Å². The van der Waals surface area contributed by atoms with E-state index >= 15 is 0 Å². The van der Waals surface area contributed by atoms with Gasteiger partial charge in [-0.2, -0.15) is 0 Å². The first-order valence-corrected chi connectivity index (χ1v) is 8.48. The van der Waals surface area contributed by atoms with Gasteiger partial charge in [0.25, 0.3) is 0 Å². The Bertz CT molecular complexity index is 575. The van der Waals surface area contributed by atoms with Crippen LogP contribution in [0, 0.1) is 0 Å². The first-order chi connectivity index (χ1) is 10.3. The summed E-state index contributed by atoms with van der Waals surface area (Å²) in [6.45, 7) is 0.933. The quantitative estimate of drug-likeness (QED) is 0.677. The van der Waals surface area contributed by atoms with Crippen molar-refractivity contribution in [3.05, 3.63) is 48.0 Å². The van der Waals surface area contributed by atoms with Gasteiger partial charge in [0.1, 0.15) is 0 Å². The molecule has 0 N–H and O–H groups in total. The highest BCUT2D eigenvalue weighted by Gasteiger charge is 2.16. The van der Waals surface area contributed by atoms with E-state index in [1.165, 1.54) is 35.6 Å². The van der Waals surface area contributed by atoms with E-state index in [2.05, 4.69) is 42.5 Å². The summed E-state index contributed by atoms with van der Waals surface area (Å²) >= 11 is 6.53. The topological polar surface area (TPSA) is 9.23 Å². The number of ether oxygens (including phenoxy) is 1. The lowest BCUT2D eigenvalue weighted by Gasteiger charge is -2.23. The monoisotopic (exact) mass is 302 g/mol. The van der Waals surface area contributed by atoms with Gasteiger partial charge in [-0.25, -0.2) is 0 Å². The van der Waals surface area contributed by atoms with Gasteiger partial charge in [0.15, 0.2) is 0 Å². The van der Waals surface area contributed by atoms with E-state index in [1.54, 1.807) is 0 Å². The van der Waals surface area contributed by atoms with Crippen LogP contribution in [0.2, 0.25) is 0 Å². The Morgan fingerprint density at radius 3 is 2.76 bits per heavy atom. The molecule has 2 unspecified atom stereocenters. The Labute approximate surface area is 132 Å². The van der Waals surface area contributed by atoms with Gasteiger partial charge in [-0.3, -0.25) is 0 Å². The van der Waals surface area contributed by atoms with Gasteiger partial charge in [0, 0.05) is 12.0 Å². The second-order valence-electron chi connectivity index (χ2n) is 6.05. The Morgan fingerprint density at radius 2 is 1.95 bits per heavy atom. The van der Waals surface area contributed by atoms with Crippen molar-refractivity contribution in [1.82, 2.24) is 0 Å². The summed E-state index contributed by atoms with van der Waals surface area (Å²) in [5.41, 5.74) is 1.33. The molecule has 0 aromatic heterocycles. The molecule has 1 fully saturated rings. The van der Waals surface area contributed by atoms with Crippen molar-refractivity contribution >= 4 is 22.4 Å². The average molecular weight is 303 g/mol. The highest BCUT2D eigenvalue weighted by molar-refractivity contribution is 6.20. The van der Waals surface area contributed by atoms with Crippen LogP contribution in [0.4, 0.5) is 0 Å². The van der Waals surface area contributed by atoms with Crippen molar-refractivity contribution < 1.29 is 4.74 Å². The molecule has 1 saturated heterocycles. The van der Waals surface area contributed by atoms with Gasteiger partial charge in [-0.05, 0) is 54.9 Å². The summed E-state index contributed by atoms with van der Waals surface area (Å²) in [5, 5.41) is 2.80. The highest BCUT2D eigenvalue weighted by Crippen LogP contribution is 2.22. The molecule has 0 bridgehead atoms. The second-order valence-corrected chi connectivity index (χ2v) is 6.67. The first kappa shape index (κ1) is 14.9. The van der Waals surface area contributed by atoms with Crippen molar-refractivity contribution in [1.29, 1.82) is 0 Å².